The summed E-state index contributed by atoms with van der Waals surface area (Å²) in [5.74, 6) is 0.846. The van der Waals surface area contributed by atoms with Gasteiger partial charge in [-0.2, -0.15) is 0 Å². The van der Waals surface area contributed by atoms with E-state index in [1.807, 2.05) is 24.3 Å². The molecular weight excluding hydrogens is 509 g/mol. The number of aromatic nitrogens is 1. The topological polar surface area (TPSA) is 89.6 Å². The lowest BCUT2D eigenvalue weighted by Crippen LogP contribution is -2.44. The molecule has 0 saturated heterocycles. The smallest absolute Gasteiger partial charge is 0.270 e. The van der Waals surface area contributed by atoms with Crippen LogP contribution in [0.3, 0.4) is 0 Å². The van der Waals surface area contributed by atoms with Crippen LogP contribution in [0.1, 0.15) is 51.5 Å². The summed E-state index contributed by atoms with van der Waals surface area (Å²) in [6, 6.07) is 12.3. The molecule has 3 aromatic rings. The number of nitrogens with one attached hydrogen (secondary N) is 2. The number of rotatable bonds is 8. The number of para-hydroxylation sites is 2. The van der Waals surface area contributed by atoms with Crippen LogP contribution < -0.4 is 20.1 Å². The van der Waals surface area contributed by atoms with Crippen LogP contribution in [0.15, 0.2) is 47.8 Å². The monoisotopic (exact) mass is 533 g/mol. The Morgan fingerprint density at radius 3 is 2.31 bits per heavy atom. The first-order valence-corrected chi connectivity index (χ1v) is 12.8. The normalized spacial score (nSPS) is 17.5. The molecule has 0 spiro atoms. The van der Waals surface area contributed by atoms with Crippen molar-refractivity contribution in [3.05, 3.63) is 74.2 Å². The maximum atomic E-state index is 12.7. The molecule has 1 aliphatic carbocycles. The van der Waals surface area contributed by atoms with Crippen molar-refractivity contribution in [3.63, 3.8) is 0 Å². The number of hydrogen-bond acceptors (Lipinski definition) is 6. The van der Waals surface area contributed by atoms with Gasteiger partial charge in [0.05, 0.1) is 17.7 Å². The Labute approximate surface area is 217 Å². The zero-order valence-electron chi connectivity index (χ0n) is 19.1. The van der Waals surface area contributed by atoms with Crippen LogP contribution in [0, 0.1) is 0 Å². The summed E-state index contributed by atoms with van der Waals surface area (Å²) < 4.78 is 11.1. The summed E-state index contributed by atoms with van der Waals surface area (Å²) in [5.41, 5.74) is 0.780. The van der Waals surface area contributed by atoms with Crippen LogP contribution in [-0.2, 0) is 6.61 Å². The third-order valence-corrected chi connectivity index (χ3v) is 7.15. The third kappa shape index (κ3) is 6.66. The SMILES string of the molecule is COc1ccccc1OCc1nc(C(=O)NC2CCC(NC(=O)c3ccc(Cl)cc3Cl)CC2)cs1. The lowest BCUT2D eigenvalue weighted by atomic mass is 9.91. The first kappa shape index (κ1) is 25.3. The number of carbonyl (C=O) groups excluding carboxylic acids is 2. The summed E-state index contributed by atoms with van der Waals surface area (Å²) in [7, 11) is 1.59. The van der Waals surface area contributed by atoms with Crippen LogP contribution in [0.25, 0.3) is 0 Å². The van der Waals surface area contributed by atoms with E-state index in [4.69, 9.17) is 32.7 Å². The van der Waals surface area contributed by atoms with E-state index in [9.17, 15) is 9.59 Å². The molecule has 0 atom stereocenters. The largest absolute Gasteiger partial charge is 0.493 e. The zero-order chi connectivity index (χ0) is 24.8. The molecule has 1 aromatic heterocycles. The number of carbonyl (C=O) groups is 2. The molecule has 0 aliphatic heterocycles. The Hall–Kier alpha value is -2.81. The van der Waals surface area contributed by atoms with Crippen LogP contribution in [0.4, 0.5) is 0 Å². The van der Waals surface area contributed by atoms with Gasteiger partial charge in [0.2, 0.25) is 0 Å². The standard InChI is InChI=1S/C25H25Cl2N3O4S/c1-33-21-4-2-3-5-22(21)34-13-23-30-20(14-35-23)25(32)29-17-9-7-16(8-10-17)28-24(31)18-11-6-15(26)12-19(18)27/h2-6,11-12,14,16-17H,7-10,13H2,1H3,(H,28,31)(H,29,32). The summed E-state index contributed by atoms with van der Waals surface area (Å²) in [5, 5.41) is 9.33. The van der Waals surface area contributed by atoms with Crippen molar-refractivity contribution >= 4 is 46.4 Å². The minimum Gasteiger partial charge on any atom is -0.493 e. The first-order chi connectivity index (χ1) is 16.9. The van der Waals surface area contributed by atoms with Gasteiger partial charge in [-0.1, -0.05) is 35.3 Å². The van der Waals surface area contributed by atoms with Crippen LogP contribution in [0.5, 0.6) is 11.5 Å². The van der Waals surface area contributed by atoms with Gasteiger partial charge >= 0.3 is 0 Å². The summed E-state index contributed by atoms with van der Waals surface area (Å²) in [6.45, 7) is 0.251. The van der Waals surface area contributed by atoms with Crippen molar-refractivity contribution in [2.45, 2.75) is 44.4 Å². The number of ether oxygens (including phenoxy) is 2. The van der Waals surface area contributed by atoms with Gasteiger partial charge in [-0.05, 0) is 56.0 Å². The second-order valence-electron chi connectivity index (χ2n) is 8.19. The molecule has 10 heteroatoms. The van der Waals surface area contributed by atoms with Gasteiger partial charge in [-0.3, -0.25) is 9.59 Å². The lowest BCUT2D eigenvalue weighted by molar-refractivity contribution is 0.0889. The Morgan fingerprint density at radius 1 is 1.00 bits per heavy atom. The average Bonchev–Trinajstić information content (AvgIpc) is 3.33. The molecule has 0 bridgehead atoms. The lowest BCUT2D eigenvalue weighted by Gasteiger charge is -2.29. The Kier molecular flexibility index (Phi) is 8.49. The minimum atomic E-state index is -0.218. The highest BCUT2D eigenvalue weighted by atomic mass is 35.5. The molecular formula is C25H25Cl2N3O4S. The molecule has 1 fully saturated rings. The van der Waals surface area contributed by atoms with Gasteiger partial charge in [-0.25, -0.2) is 4.98 Å². The van der Waals surface area contributed by atoms with Gasteiger partial charge in [0, 0.05) is 22.5 Å². The number of benzene rings is 2. The van der Waals surface area contributed by atoms with Crippen molar-refractivity contribution in [3.8, 4) is 11.5 Å². The Balaban J connectivity index is 1.23. The molecule has 1 aliphatic rings. The number of nitrogens with zero attached hydrogens (tertiary/aromatic N) is 1. The van der Waals surface area contributed by atoms with Crippen LogP contribution in [0.2, 0.25) is 10.0 Å². The van der Waals surface area contributed by atoms with Crippen molar-refractivity contribution < 1.29 is 19.1 Å². The van der Waals surface area contributed by atoms with E-state index < -0.39 is 0 Å². The predicted molar refractivity (Wildman–Crippen MR) is 137 cm³/mol. The third-order valence-electron chi connectivity index (χ3n) is 5.78. The fourth-order valence-electron chi connectivity index (χ4n) is 3.94. The first-order valence-electron chi connectivity index (χ1n) is 11.2. The van der Waals surface area contributed by atoms with E-state index in [0.29, 0.717) is 37.8 Å². The Morgan fingerprint density at radius 2 is 1.66 bits per heavy atom. The molecule has 2 N–H and O–H groups in total. The summed E-state index contributed by atoms with van der Waals surface area (Å²) >= 11 is 13.4. The van der Waals surface area contributed by atoms with Gasteiger partial charge in [-0.15, -0.1) is 11.3 Å². The highest BCUT2D eigenvalue weighted by molar-refractivity contribution is 7.09. The molecule has 1 heterocycles. The van der Waals surface area contributed by atoms with E-state index in [0.717, 1.165) is 25.7 Å². The minimum absolute atomic E-state index is 0.0281. The highest BCUT2D eigenvalue weighted by Gasteiger charge is 2.25. The fourth-order valence-corrected chi connectivity index (χ4v) is 5.12. The van der Waals surface area contributed by atoms with Gasteiger partial charge < -0.3 is 20.1 Å². The van der Waals surface area contributed by atoms with E-state index >= 15 is 0 Å². The molecule has 2 amide bonds. The van der Waals surface area contributed by atoms with Crippen molar-refractivity contribution in [1.29, 1.82) is 0 Å². The van der Waals surface area contributed by atoms with E-state index in [1.54, 1.807) is 30.7 Å². The number of amides is 2. The van der Waals surface area contributed by atoms with E-state index in [2.05, 4.69) is 15.6 Å². The molecule has 0 radical (unpaired) electrons. The van der Waals surface area contributed by atoms with Crippen molar-refractivity contribution in [2.75, 3.05) is 7.11 Å². The number of hydrogen-bond donors (Lipinski definition) is 2. The van der Waals surface area contributed by atoms with Gasteiger partial charge in [0.1, 0.15) is 17.3 Å². The van der Waals surface area contributed by atoms with Crippen molar-refractivity contribution in [1.82, 2.24) is 15.6 Å². The van der Waals surface area contributed by atoms with Crippen molar-refractivity contribution in [2.24, 2.45) is 0 Å². The van der Waals surface area contributed by atoms with Crippen LogP contribution in [-0.4, -0.2) is 36.0 Å². The molecule has 4 rings (SSSR count). The van der Waals surface area contributed by atoms with Gasteiger partial charge in [0.25, 0.3) is 11.8 Å². The summed E-state index contributed by atoms with van der Waals surface area (Å²) in [6.07, 6.45) is 3.05. The predicted octanol–water partition coefficient (Wildman–Crippen LogP) is 5.51. The number of thiazole rings is 1. The molecule has 1 saturated carbocycles. The molecule has 35 heavy (non-hydrogen) atoms. The molecule has 7 nitrogen and oxygen atoms in total. The highest BCUT2D eigenvalue weighted by Crippen LogP contribution is 2.27. The number of methoxy groups -OCH3 is 1. The van der Waals surface area contributed by atoms with E-state index in [1.165, 1.54) is 11.3 Å². The quantitative estimate of drug-likeness (QED) is 0.398. The summed E-state index contributed by atoms with van der Waals surface area (Å²) in [4.78, 5) is 29.6. The second kappa shape index (κ2) is 11.7. The average molecular weight is 534 g/mol. The maximum absolute atomic E-state index is 12.7. The van der Waals surface area contributed by atoms with Crippen LogP contribution >= 0.6 is 34.5 Å². The molecule has 184 valence electrons. The van der Waals surface area contributed by atoms with E-state index in [-0.39, 0.29) is 30.5 Å². The zero-order valence-corrected chi connectivity index (χ0v) is 21.4. The van der Waals surface area contributed by atoms with Gasteiger partial charge in [0.15, 0.2) is 11.5 Å². The maximum Gasteiger partial charge on any atom is 0.270 e. The fraction of sp³-hybridized carbons (Fsp3) is 0.320. The molecule has 2 aromatic carbocycles. The Bertz CT molecular complexity index is 1190. The molecule has 0 unspecified atom stereocenters. The number of halogens is 2. The second-order valence-corrected chi connectivity index (χ2v) is 9.97.